The normalized spacial score (nSPS) is 27.0. The molecule has 0 radical (unpaired) electrons. The molecule has 25 heavy (non-hydrogen) atoms. The molecule has 2 aliphatic rings. The first kappa shape index (κ1) is 18.4. The number of aliphatic hydroxyl groups excluding tert-OH is 2. The summed E-state index contributed by atoms with van der Waals surface area (Å²) in [6, 6.07) is 8.22. The van der Waals surface area contributed by atoms with Gasteiger partial charge in [-0.25, -0.2) is 0 Å². The lowest BCUT2D eigenvalue weighted by Crippen LogP contribution is -2.56. The smallest absolute Gasteiger partial charge is 0.126 e. The Morgan fingerprint density at radius 3 is 2.60 bits per heavy atom. The molecule has 2 N–H and O–H groups in total. The molecule has 0 amide bonds. The van der Waals surface area contributed by atoms with Crippen LogP contribution >= 0.6 is 0 Å². The van der Waals surface area contributed by atoms with Crippen molar-refractivity contribution in [2.75, 3.05) is 39.8 Å². The zero-order valence-electron chi connectivity index (χ0n) is 15.1. The number of ether oxygens (including phenoxy) is 1. The van der Waals surface area contributed by atoms with E-state index in [1.807, 2.05) is 24.3 Å². The van der Waals surface area contributed by atoms with Crippen LogP contribution in [0.2, 0.25) is 0 Å². The Balaban J connectivity index is 1.49. The highest BCUT2D eigenvalue weighted by Crippen LogP contribution is 2.22. The van der Waals surface area contributed by atoms with Crippen LogP contribution in [0.5, 0.6) is 5.75 Å². The van der Waals surface area contributed by atoms with E-state index in [-0.39, 0.29) is 18.2 Å². The molecule has 2 atom stereocenters. The minimum absolute atomic E-state index is 0.159. The molecule has 3 rings (SSSR count). The highest BCUT2D eigenvalue weighted by Gasteiger charge is 2.33. The molecular weight excluding hydrogens is 316 g/mol. The topological polar surface area (TPSA) is 56.2 Å². The largest absolute Gasteiger partial charge is 0.496 e. The molecule has 0 aliphatic carbocycles. The van der Waals surface area contributed by atoms with Gasteiger partial charge in [0, 0.05) is 44.3 Å². The number of nitrogens with zero attached hydrogens (tertiary/aromatic N) is 2. The number of hydrogen-bond acceptors (Lipinski definition) is 5. The Kier molecular flexibility index (Phi) is 6.48. The van der Waals surface area contributed by atoms with E-state index in [1.165, 1.54) is 0 Å². The quantitative estimate of drug-likeness (QED) is 0.848. The van der Waals surface area contributed by atoms with Crippen molar-refractivity contribution in [3.05, 3.63) is 35.9 Å². The minimum atomic E-state index is -0.316. The first-order valence-corrected chi connectivity index (χ1v) is 9.29. The van der Waals surface area contributed by atoms with Gasteiger partial charge >= 0.3 is 0 Å². The number of likely N-dealkylation sites (tertiary alicyclic amines) is 2. The van der Waals surface area contributed by atoms with Crippen LogP contribution in [0.1, 0.15) is 24.8 Å². The van der Waals surface area contributed by atoms with Crippen molar-refractivity contribution in [3.8, 4) is 5.75 Å². The minimum Gasteiger partial charge on any atom is -0.496 e. The van der Waals surface area contributed by atoms with Crippen molar-refractivity contribution in [2.45, 2.75) is 37.5 Å². The molecule has 0 unspecified atom stereocenters. The van der Waals surface area contributed by atoms with Gasteiger partial charge in [0.25, 0.3) is 0 Å². The lowest BCUT2D eigenvalue weighted by Gasteiger charge is -2.43. The highest BCUT2D eigenvalue weighted by molar-refractivity contribution is 5.57. The van der Waals surface area contributed by atoms with Crippen LogP contribution in [-0.4, -0.2) is 78.1 Å². The summed E-state index contributed by atoms with van der Waals surface area (Å²) >= 11 is 0. The van der Waals surface area contributed by atoms with E-state index in [4.69, 9.17) is 4.74 Å². The maximum absolute atomic E-state index is 10.6. The molecule has 0 spiro atoms. The molecule has 2 fully saturated rings. The summed E-state index contributed by atoms with van der Waals surface area (Å²) in [7, 11) is 1.69. The molecule has 0 saturated carbocycles. The third-order valence-electron chi connectivity index (χ3n) is 5.40. The number of para-hydroxylation sites is 1. The summed E-state index contributed by atoms with van der Waals surface area (Å²) in [6.45, 7) is 4.34. The molecule has 2 saturated heterocycles. The Hall–Kier alpha value is -1.40. The van der Waals surface area contributed by atoms with Gasteiger partial charge < -0.3 is 14.9 Å². The zero-order valence-corrected chi connectivity index (χ0v) is 15.1. The lowest BCUT2D eigenvalue weighted by atomic mass is 9.96. The second-order valence-electron chi connectivity index (χ2n) is 7.09. The van der Waals surface area contributed by atoms with Gasteiger partial charge in [0.1, 0.15) is 5.75 Å². The molecule has 0 bridgehead atoms. The van der Waals surface area contributed by atoms with Crippen molar-refractivity contribution in [2.24, 2.45) is 0 Å². The summed E-state index contributed by atoms with van der Waals surface area (Å²) in [6.07, 6.45) is 6.39. The van der Waals surface area contributed by atoms with Gasteiger partial charge in [-0.2, -0.15) is 0 Å². The fraction of sp³-hybridized carbons (Fsp3) is 0.600. The summed E-state index contributed by atoms with van der Waals surface area (Å²) in [4.78, 5) is 4.66. The Labute approximate surface area is 150 Å². The average molecular weight is 346 g/mol. The number of rotatable bonds is 5. The molecule has 138 valence electrons. The molecule has 5 nitrogen and oxygen atoms in total. The van der Waals surface area contributed by atoms with Gasteiger partial charge in [-0.05, 0) is 25.3 Å². The van der Waals surface area contributed by atoms with Crippen LogP contribution < -0.4 is 4.74 Å². The van der Waals surface area contributed by atoms with E-state index in [2.05, 4.69) is 22.0 Å². The van der Waals surface area contributed by atoms with E-state index in [0.717, 1.165) is 56.8 Å². The Morgan fingerprint density at radius 2 is 1.88 bits per heavy atom. The Bertz CT molecular complexity index is 570. The van der Waals surface area contributed by atoms with Crippen molar-refractivity contribution in [3.63, 3.8) is 0 Å². The summed E-state index contributed by atoms with van der Waals surface area (Å²) < 4.78 is 5.37. The van der Waals surface area contributed by atoms with Crippen LogP contribution in [0.3, 0.4) is 0 Å². The highest BCUT2D eigenvalue weighted by atomic mass is 16.5. The van der Waals surface area contributed by atoms with Gasteiger partial charge in [-0.1, -0.05) is 30.4 Å². The summed E-state index contributed by atoms with van der Waals surface area (Å²) in [5.41, 5.74) is 1.08. The predicted octanol–water partition coefficient (Wildman–Crippen LogP) is 1.60. The fourth-order valence-corrected chi connectivity index (χ4v) is 3.93. The molecule has 2 heterocycles. The summed E-state index contributed by atoms with van der Waals surface area (Å²) in [5.74, 6) is 0.879. The molecule has 1 aromatic rings. The molecular formula is C20H30N2O3. The van der Waals surface area contributed by atoms with Gasteiger partial charge in [-0.3, -0.25) is 9.80 Å². The number of benzene rings is 1. The standard InChI is InChI=1S/C20H30N2O3/c1-25-20-7-3-2-5-16(20)6-4-11-21-12-10-18(19(24)15-21)22-13-8-17(23)9-14-22/h2-7,17-19,23-24H,8-15H2,1H3/b6-4+/t18-,19-/m1/s1. The second kappa shape index (κ2) is 8.81. The van der Waals surface area contributed by atoms with E-state index >= 15 is 0 Å². The van der Waals surface area contributed by atoms with Gasteiger partial charge in [0.15, 0.2) is 0 Å². The van der Waals surface area contributed by atoms with Crippen LogP contribution in [0.25, 0.3) is 6.08 Å². The van der Waals surface area contributed by atoms with Crippen LogP contribution in [0.4, 0.5) is 0 Å². The number of methoxy groups -OCH3 is 1. The zero-order chi connectivity index (χ0) is 17.6. The maximum atomic E-state index is 10.6. The lowest BCUT2D eigenvalue weighted by molar-refractivity contribution is -0.0314. The van der Waals surface area contributed by atoms with Crippen molar-refractivity contribution in [1.29, 1.82) is 0 Å². The van der Waals surface area contributed by atoms with Crippen molar-refractivity contribution >= 4 is 6.08 Å². The van der Waals surface area contributed by atoms with Gasteiger partial charge in [-0.15, -0.1) is 0 Å². The maximum Gasteiger partial charge on any atom is 0.126 e. The monoisotopic (exact) mass is 346 g/mol. The first-order valence-electron chi connectivity index (χ1n) is 9.29. The number of aliphatic hydroxyl groups is 2. The van der Waals surface area contributed by atoms with E-state index in [9.17, 15) is 10.2 Å². The summed E-state index contributed by atoms with van der Waals surface area (Å²) in [5, 5.41) is 20.2. The van der Waals surface area contributed by atoms with Crippen molar-refractivity contribution in [1.82, 2.24) is 9.80 Å². The van der Waals surface area contributed by atoms with Crippen LogP contribution in [0, 0.1) is 0 Å². The second-order valence-corrected chi connectivity index (χ2v) is 7.09. The predicted molar refractivity (Wildman–Crippen MR) is 99.7 cm³/mol. The SMILES string of the molecule is COc1ccccc1/C=C/CN1CC[C@@H](N2CCC(O)CC2)[C@H](O)C1. The molecule has 5 heteroatoms. The van der Waals surface area contributed by atoms with Crippen LogP contribution in [0.15, 0.2) is 30.3 Å². The van der Waals surface area contributed by atoms with E-state index in [1.54, 1.807) is 7.11 Å². The van der Waals surface area contributed by atoms with Gasteiger partial charge in [0.05, 0.1) is 19.3 Å². The molecule has 1 aromatic carbocycles. The van der Waals surface area contributed by atoms with Crippen LogP contribution in [-0.2, 0) is 0 Å². The van der Waals surface area contributed by atoms with E-state index < -0.39 is 0 Å². The third-order valence-corrected chi connectivity index (χ3v) is 5.40. The first-order chi connectivity index (χ1) is 12.2. The molecule has 2 aliphatic heterocycles. The fourth-order valence-electron chi connectivity index (χ4n) is 3.93. The number of piperidine rings is 2. The number of hydrogen-bond donors (Lipinski definition) is 2. The Morgan fingerprint density at radius 1 is 1.12 bits per heavy atom. The average Bonchev–Trinajstić information content (AvgIpc) is 2.63. The van der Waals surface area contributed by atoms with E-state index in [0.29, 0.717) is 6.54 Å². The van der Waals surface area contributed by atoms with Crippen molar-refractivity contribution < 1.29 is 14.9 Å². The number of β-amino-alcohol motifs (C(OH)–C–C–N with tert-alkyl or cyclic N) is 1. The third kappa shape index (κ3) is 4.82. The van der Waals surface area contributed by atoms with Gasteiger partial charge in [0.2, 0.25) is 0 Å². The molecule has 0 aromatic heterocycles.